The number of carbonyl (C=O) groups excluding carboxylic acids is 1. The summed E-state index contributed by atoms with van der Waals surface area (Å²) < 4.78 is 42.7. The van der Waals surface area contributed by atoms with Gasteiger partial charge in [0.15, 0.2) is 22.1 Å². The van der Waals surface area contributed by atoms with Crippen LogP contribution in [0.25, 0.3) is 5.65 Å². The van der Waals surface area contributed by atoms with Crippen molar-refractivity contribution in [1.29, 1.82) is 0 Å². The number of hydrogen-bond acceptors (Lipinski definition) is 8. The highest BCUT2D eigenvalue weighted by molar-refractivity contribution is 7.91. The third kappa shape index (κ3) is 6.18. The molecule has 1 N–H and O–H groups in total. The molecule has 2 heterocycles. The van der Waals surface area contributed by atoms with E-state index in [4.69, 9.17) is 14.0 Å². The van der Waals surface area contributed by atoms with Crippen LogP contribution in [0.4, 0.5) is 5.69 Å². The fraction of sp³-hybridized carbons (Fsp3) is 0.269. The molecule has 0 unspecified atom stereocenters. The minimum atomic E-state index is -3.54. The summed E-state index contributed by atoms with van der Waals surface area (Å²) in [6.45, 7) is 6.71. The minimum absolute atomic E-state index is 0.0412. The number of nitrogens with one attached hydrogen (secondary N) is 1. The summed E-state index contributed by atoms with van der Waals surface area (Å²) in [5.41, 5.74) is 2.43. The van der Waals surface area contributed by atoms with Gasteiger partial charge in [-0.1, -0.05) is 13.0 Å². The number of carbonyl (C=O) groups is 1. The fourth-order valence-corrected chi connectivity index (χ4v) is 4.65. The van der Waals surface area contributed by atoms with Crippen LogP contribution in [-0.4, -0.2) is 36.2 Å². The minimum Gasteiger partial charge on any atom is -0.485 e. The van der Waals surface area contributed by atoms with E-state index in [0.717, 1.165) is 15.7 Å². The maximum absolute atomic E-state index is 12.7. The first-order valence-electron chi connectivity index (χ1n) is 11.5. The molecule has 0 saturated heterocycles. The van der Waals surface area contributed by atoms with Crippen molar-refractivity contribution in [3.63, 3.8) is 0 Å². The number of sulfone groups is 1. The van der Waals surface area contributed by atoms with E-state index in [2.05, 4.69) is 10.3 Å². The van der Waals surface area contributed by atoms with Gasteiger partial charge in [0.05, 0.1) is 22.0 Å². The lowest BCUT2D eigenvalue weighted by atomic mass is 10.1. The number of anilines is 1. The second-order valence-electron chi connectivity index (χ2n) is 8.59. The lowest BCUT2D eigenvalue weighted by Gasteiger charge is -2.15. The Hall–Kier alpha value is -4.12. The molecule has 11 heteroatoms. The number of rotatable bonds is 9. The van der Waals surface area contributed by atoms with Gasteiger partial charge in [0.1, 0.15) is 23.9 Å². The zero-order valence-corrected chi connectivity index (χ0v) is 21.7. The quantitative estimate of drug-likeness (QED) is 0.351. The smallest absolute Gasteiger partial charge is 0.287 e. The zero-order chi connectivity index (χ0) is 26.7. The Labute approximate surface area is 213 Å². The van der Waals surface area contributed by atoms with Crippen LogP contribution in [0.15, 0.2) is 62.7 Å². The van der Waals surface area contributed by atoms with E-state index < -0.39 is 21.3 Å². The van der Waals surface area contributed by atoms with E-state index in [1.165, 1.54) is 31.2 Å². The number of ether oxygens (including phenoxy) is 2. The molecule has 0 fully saturated rings. The first kappa shape index (κ1) is 26.0. The van der Waals surface area contributed by atoms with Crippen molar-refractivity contribution in [2.75, 3.05) is 17.7 Å². The van der Waals surface area contributed by atoms with Crippen molar-refractivity contribution in [2.45, 2.75) is 39.2 Å². The Morgan fingerprint density at radius 2 is 1.76 bits per heavy atom. The van der Waals surface area contributed by atoms with Crippen molar-refractivity contribution >= 4 is 27.1 Å². The predicted molar refractivity (Wildman–Crippen MR) is 137 cm³/mol. The molecule has 0 atom stereocenters. The van der Waals surface area contributed by atoms with Crippen LogP contribution in [-0.2, 0) is 21.2 Å². The molecule has 0 aliphatic heterocycles. The van der Waals surface area contributed by atoms with Gasteiger partial charge in [0, 0.05) is 12.1 Å². The summed E-state index contributed by atoms with van der Waals surface area (Å²) in [5.74, 6) is 0.688. The van der Waals surface area contributed by atoms with Crippen molar-refractivity contribution in [1.82, 2.24) is 9.56 Å². The van der Waals surface area contributed by atoms with Crippen molar-refractivity contribution in [3.05, 3.63) is 81.5 Å². The third-order valence-corrected chi connectivity index (χ3v) is 7.16. The molecule has 4 aromatic rings. The number of fused-ring (bicyclic) bond motifs is 1. The van der Waals surface area contributed by atoms with Gasteiger partial charge in [0.2, 0.25) is 0 Å². The molecular weight excluding hydrogens is 498 g/mol. The molecular formula is C26H27N3O7S. The van der Waals surface area contributed by atoms with Crippen LogP contribution in [0.2, 0.25) is 0 Å². The summed E-state index contributed by atoms with van der Waals surface area (Å²) >= 11 is 0. The van der Waals surface area contributed by atoms with Gasteiger partial charge >= 0.3 is 0 Å². The average Bonchev–Trinajstić information content (AvgIpc) is 3.22. The van der Waals surface area contributed by atoms with E-state index in [-0.39, 0.29) is 35.3 Å². The summed E-state index contributed by atoms with van der Waals surface area (Å²) in [6, 6.07) is 12.7. The Bertz CT molecular complexity index is 1620. The van der Waals surface area contributed by atoms with Gasteiger partial charge in [0.25, 0.3) is 11.5 Å². The normalized spacial score (nSPS) is 11.5. The zero-order valence-electron chi connectivity index (χ0n) is 20.9. The van der Waals surface area contributed by atoms with Gasteiger partial charge < -0.3 is 19.3 Å². The fourth-order valence-electron chi connectivity index (χ4n) is 3.74. The topological polar surface area (TPSA) is 129 Å². The van der Waals surface area contributed by atoms with Gasteiger partial charge in [-0.15, -0.1) is 4.57 Å². The maximum atomic E-state index is 12.7. The maximum Gasteiger partial charge on any atom is 0.287 e. The number of aromatic nitrogens is 2. The van der Waals surface area contributed by atoms with Crippen LogP contribution >= 0.6 is 0 Å². The molecule has 0 spiro atoms. The number of aryl methyl sites for hydroxylation is 3. The number of amides is 1. The predicted octanol–water partition coefficient (Wildman–Crippen LogP) is 3.60. The Morgan fingerprint density at radius 3 is 2.46 bits per heavy atom. The summed E-state index contributed by atoms with van der Waals surface area (Å²) in [6.07, 6.45) is 0. The molecule has 10 nitrogen and oxygen atoms in total. The molecule has 0 saturated carbocycles. The average molecular weight is 526 g/mol. The highest BCUT2D eigenvalue weighted by atomic mass is 32.2. The first-order chi connectivity index (χ1) is 17.5. The first-order valence-corrected chi connectivity index (χ1v) is 13.2. The molecule has 194 valence electrons. The molecule has 0 aliphatic rings. The number of benzene rings is 2. The SMILES string of the molecule is CCS(=O)(=O)c1ccc(OCc2cc(=O)n3oc(C)cc3n2)c(NC(=O)COc2cc(C)cc(C)c2)c1. The Balaban J connectivity index is 1.55. The highest BCUT2D eigenvalue weighted by Gasteiger charge is 2.17. The number of nitrogens with zero attached hydrogens (tertiary/aromatic N) is 2. The standard InChI is InChI=1S/C26H27N3O7S/c1-5-37(32,33)21-6-7-23(35-14-19-12-26(31)29-24(27-19)11-18(4)36-29)22(13-21)28-25(30)15-34-20-9-16(2)8-17(3)10-20/h6-13H,5,14-15H2,1-4H3,(H,28,30). The monoisotopic (exact) mass is 525 g/mol. The number of hydrogen-bond donors (Lipinski definition) is 1. The van der Waals surface area contributed by atoms with Crippen molar-refractivity contribution in [3.8, 4) is 11.5 Å². The van der Waals surface area contributed by atoms with Crippen LogP contribution in [0.5, 0.6) is 11.5 Å². The van der Waals surface area contributed by atoms with E-state index in [1.54, 1.807) is 13.0 Å². The van der Waals surface area contributed by atoms with E-state index in [1.807, 2.05) is 32.0 Å². The van der Waals surface area contributed by atoms with Gasteiger partial charge in [-0.3, -0.25) is 9.59 Å². The van der Waals surface area contributed by atoms with E-state index >= 15 is 0 Å². The molecule has 4 rings (SSSR count). The summed E-state index contributed by atoms with van der Waals surface area (Å²) in [7, 11) is -3.54. The molecule has 1 amide bonds. The molecule has 2 aromatic heterocycles. The summed E-state index contributed by atoms with van der Waals surface area (Å²) in [5, 5.41) is 2.67. The Morgan fingerprint density at radius 1 is 1.03 bits per heavy atom. The third-order valence-electron chi connectivity index (χ3n) is 5.43. The summed E-state index contributed by atoms with van der Waals surface area (Å²) in [4.78, 5) is 29.4. The molecule has 0 radical (unpaired) electrons. The molecule has 0 bridgehead atoms. The molecule has 2 aromatic carbocycles. The molecule has 37 heavy (non-hydrogen) atoms. The lowest BCUT2D eigenvalue weighted by Crippen LogP contribution is -2.21. The van der Waals surface area contributed by atoms with Gasteiger partial charge in [-0.05, 0) is 62.2 Å². The van der Waals surface area contributed by atoms with Crippen LogP contribution in [0, 0.1) is 20.8 Å². The molecule has 0 aliphatic carbocycles. The highest BCUT2D eigenvalue weighted by Crippen LogP contribution is 2.29. The van der Waals surface area contributed by atoms with Crippen molar-refractivity contribution in [2.24, 2.45) is 0 Å². The lowest BCUT2D eigenvalue weighted by molar-refractivity contribution is -0.118. The second kappa shape index (κ2) is 10.5. The second-order valence-corrected chi connectivity index (χ2v) is 10.9. The largest absolute Gasteiger partial charge is 0.485 e. The van der Waals surface area contributed by atoms with Gasteiger partial charge in [-0.25, -0.2) is 13.4 Å². The van der Waals surface area contributed by atoms with Crippen LogP contribution in [0.3, 0.4) is 0 Å². The van der Waals surface area contributed by atoms with Crippen molar-refractivity contribution < 1.29 is 27.2 Å². The van der Waals surface area contributed by atoms with E-state index in [0.29, 0.717) is 22.9 Å². The van der Waals surface area contributed by atoms with Crippen LogP contribution < -0.4 is 20.3 Å². The Kier molecular flexibility index (Phi) is 7.35. The van der Waals surface area contributed by atoms with E-state index in [9.17, 15) is 18.0 Å². The van der Waals surface area contributed by atoms with Crippen LogP contribution in [0.1, 0.15) is 29.5 Å². The van der Waals surface area contributed by atoms with Gasteiger partial charge in [-0.2, -0.15) is 0 Å².